The summed E-state index contributed by atoms with van der Waals surface area (Å²) in [7, 11) is 1.63. The second kappa shape index (κ2) is 11.2. The highest BCUT2D eigenvalue weighted by Crippen LogP contribution is 2.20. The van der Waals surface area contributed by atoms with Crippen LogP contribution in [0.1, 0.15) is 49.0 Å². The first kappa shape index (κ1) is 22.4. The molecule has 0 heterocycles. The van der Waals surface area contributed by atoms with Crippen molar-refractivity contribution in [1.82, 2.24) is 5.32 Å². The van der Waals surface area contributed by atoms with E-state index in [0.717, 1.165) is 6.42 Å². The summed E-state index contributed by atoms with van der Waals surface area (Å²) in [5.41, 5.74) is 2.36. The van der Waals surface area contributed by atoms with E-state index in [4.69, 9.17) is 9.47 Å². The summed E-state index contributed by atoms with van der Waals surface area (Å²) < 4.78 is 10.7. The highest BCUT2D eigenvalue weighted by Gasteiger charge is 2.15. The molecular weight excluding hydrogens is 368 g/mol. The van der Waals surface area contributed by atoms with Crippen molar-refractivity contribution in [3.8, 4) is 5.75 Å². The maximum atomic E-state index is 12.4. The molecule has 0 bridgehead atoms. The molecule has 2 aromatic carbocycles. The maximum absolute atomic E-state index is 12.4. The number of hydrogen-bond donors (Lipinski definition) is 2. The van der Waals surface area contributed by atoms with Crippen LogP contribution in [0.25, 0.3) is 0 Å². The van der Waals surface area contributed by atoms with Crippen molar-refractivity contribution in [3.05, 3.63) is 59.7 Å². The lowest BCUT2D eigenvalue weighted by atomic mass is 10.0. The lowest BCUT2D eigenvalue weighted by Crippen LogP contribution is -2.30. The molecule has 6 heteroatoms. The van der Waals surface area contributed by atoms with Gasteiger partial charge in [0, 0.05) is 31.5 Å². The van der Waals surface area contributed by atoms with E-state index in [1.54, 1.807) is 38.3 Å². The standard InChI is InChI=1S/C23H30N2O4/c1-16(2)18-8-12-21(13-9-18)29-17(3)22(26)25-20-10-6-19(7-11-20)23(27)24-14-5-15-28-4/h6-13,16-17H,5,14-15H2,1-4H3,(H,24,27)(H,25,26). The van der Waals surface area contributed by atoms with Crippen LogP contribution in [0.4, 0.5) is 5.69 Å². The van der Waals surface area contributed by atoms with E-state index in [1.165, 1.54) is 5.56 Å². The van der Waals surface area contributed by atoms with Crippen molar-refractivity contribution in [3.63, 3.8) is 0 Å². The number of methoxy groups -OCH3 is 1. The molecule has 2 aromatic rings. The minimum absolute atomic E-state index is 0.152. The molecule has 1 unspecified atom stereocenters. The Morgan fingerprint density at radius 3 is 2.21 bits per heavy atom. The van der Waals surface area contributed by atoms with E-state index in [9.17, 15) is 9.59 Å². The van der Waals surface area contributed by atoms with Gasteiger partial charge in [0.15, 0.2) is 6.10 Å². The number of anilines is 1. The van der Waals surface area contributed by atoms with E-state index < -0.39 is 6.10 Å². The van der Waals surface area contributed by atoms with Gasteiger partial charge in [-0.25, -0.2) is 0 Å². The van der Waals surface area contributed by atoms with Crippen LogP contribution in [0.5, 0.6) is 5.75 Å². The smallest absolute Gasteiger partial charge is 0.265 e. The third kappa shape index (κ3) is 7.23. The zero-order chi connectivity index (χ0) is 21.2. The van der Waals surface area contributed by atoms with Gasteiger partial charge in [-0.2, -0.15) is 0 Å². The first-order chi connectivity index (χ1) is 13.9. The fourth-order valence-corrected chi connectivity index (χ4v) is 2.66. The number of amides is 2. The number of nitrogens with one attached hydrogen (secondary N) is 2. The molecule has 6 nitrogen and oxygen atoms in total. The molecule has 2 rings (SSSR count). The Morgan fingerprint density at radius 1 is 0.966 bits per heavy atom. The Labute approximate surface area is 172 Å². The Bertz CT molecular complexity index is 786. The van der Waals surface area contributed by atoms with Crippen molar-refractivity contribution in [1.29, 1.82) is 0 Å². The predicted molar refractivity (Wildman–Crippen MR) is 115 cm³/mol. The van der Waals surface area contributed by atoms with E-state index in [1.807, 2.05) is 24.3 Å². The molecule has 29 heavy (non-hydrogen) atoms. The van der Waals surface area contributed by atoms with Crippen LogP contribution < -0.4 is 15.4 Å². The van der Waals surface area contributed by atoms with Gasteiger partial charge in [0.25, 0.3) is 11.8 Å². The molecule has 0 aliphatic carbocycles. The van der Waals surface area contributed by atoms with Crippen LogP contribution in [0.3, 0.4) is 0 Å². The third-order valence-electron chi connectivity index (χ3n) is 4.45. The minimum atomic E-state index is -0.649. The molecule has 0 fully saturated rings. The van der Waals surface area contributed by atoms with Crippen LogP contribution >= 0.6 is 0 Å². The average Bonchev–Trinajstić information content (AvgIpc) is 2.72. The summed E-state index contributed by atoms with van der Waals surface area (Å²) in [6, 6.07) is 14.5. The van der Waals surface area contributed by atoms with Crippen LogP contribution in [0, 0.1) is 0 Å². The summed E-state index contributed by atoms with van der Waals surface area (Å²) in [4.78, 5) is 24.4. The number of carbonyl (C=O) groups is 2. The third-order valence-corrected chi connectivity index (χ3v) is 4.45. The summed E-state index contributed by atoms with van der Waals surface area (Å²) in [6.45, 7) is 7.11. The fraction of sp³-hybridized carbons (Fsp3) is 0.391. The number of benzene rings is 2. The second-order valence-corrected chi connectivity index (χ2v) is 7.15. The molecule has 2 amide bonds. The highest BCUT2D eigenvalue weighted by atomic mass is 16.5. The van der Waals surface area contributed by atoms with Gasteiger partial charge < -0.3 is 20.1 Å². The second-order valence-electron chi connectivity index (χ2n) is 7.15. The quantitative estimate of drug-likeness (QED) is 0.594. The van der Waals surface area contributed by atoms with Crippen molar-refractivity contribution in [2.75, 3.05) is 25.6 Å². The number of ether oxygens (including phenoxy) is 2. The summed E-state index contributed by atoms with van der Waals surface area (Å²) >= 11 is 0. The molecule has 156 valence electrons. The molecule has 0 aliphatic rings. The lowest BCUT2D eigenvalue weighted by Gasteiger charge is -2.15. The molecule has 0 aromatic heterocycles. The van der Waals surface area contributed by atoms with Crippen molar-refractivity contribution in [2.24, 2.45) is 0 Å². The molecule has 0 saturated carbocycles. The van der Waals surface area contributed by atoms with E-state index >= 15 is 0 Å². The molecule has 2 N–H and O–H groups in total. The van der Waals surface area contributed by atoms with Gasteiger partial charge in [-0.05, 0) is 61.2 Å². The monoisotopic (exact) mass is 398 g/mol. The van der Waals surface area contributed by atoms with Crippen LogP contribution in [-0.4, -0.2) is 38.2 Å². The first-order valence-corrected chi connectivity index (χ1v) is 9.85. The Hall–Kier alpha value is -2.86. The number of hydrogen-bond acceptors (Lipinski definition) is 4. The average molecular weight is 399 g/mol. The largest absolute Gasteiger partial charge is 0.481 e. The van der Waals surface area contributed by atoms with Gasteiger partial charge >= 0.3 is 0 Å². The molecule has 1 atom stereocenters. The van der Waals surface area contributed by atoms with Crippen molar-refractivity contribution >= 4 is 17.5 Å². The van der Waals surface area contributed by atoms with Gasteiger partial charge in [-0.15, -0.1) is 0 Å². The van der Waals surface area contributed by atoms with Gasteiger partial charge in [0.1, 0.15) is 5.75 Å². The molecule has 0 aliphatic heterocycles. The predicted octanol–water partition coefficient (Wildman–Crippen LogP) is 3.98. The van der Waals surface area contributed by atoms with Crippen molar-refractivity contribution < 1.29 is 19.1 Å². The van der Waals surface area contributed by atoms with Crippen LogP contribution in [0.2, 0.25) is 0 Å². The minimum Gasteiger partial charge on any atom is -0.481 e. The maximum Gasteiger partial charge on any atom is 0.265 e. The molecule has 0 saturated heterocycles. The van der Waals surface area contributed by atoms with E-state index in [-0.39, 0.29) is 11.8 Å². The number of rotatable bonds is 10. The summed E-state index contributed by atoms with van der Waals surface area (Å²) in [6.07, 6.45) is 0.109. The topological polar surface area (TPSA) is 76.7 Å². The SMILES string of the molecule is COCCCNC(=O)c1ccc(NC(=O)C(C)Oc2ccc(C(C)C)cc2)cc1. The first-order valence-electron chi connectivity index (χ1n) is 9.85. The highest BCUT2D eigenvalue weighted by molar-refractivity contribution is 5.96. The molecular formula is C23H30N2O4. The van der Waals surface area contributed by atoms with Gasteiger partial charge in [0.2, 0.25) is 0 Å². The molecule has 0 radical (unpaired) electrons. The van der Waals surface area contributed by atoms with Crippen LogP contribution in [0.15, 0.2) is 48.5 Å². The van der Waals surface area contributed by atoms with Gasteiger partial charge in [0.05, 0.1) is 0 Å². The lowest BCUT2D eigenvalue weighted by molar-refractivity contribution is -0.122. The van der Waals surface area contributed by atoms with E-state index in [2.05, 4.69) is 24.5 Å². The summed E-state index contributed by atoms with van der Waals surface area (Å²) in [5.74, 6) is 0.688. The zero-order valence-electron chi connectivity index (χ0n) is 17.5. The van der Waals surface area contributed by atoms with E-state index in [0.29, 0.717) is 36.1 Å². The zero-order valence-corrected chi connectivity index (χ0v) is 17.5. The molecule has 0 spiro atoms. The van der Waals surface area contributed by atoms with Crippen molar-refractivity contribution in [2.45, 2.75) is 39.2 Å². The Morgan fingerprint density at radius 2 is 1.62 bits per heavy atom. The van der Waals surface area contributed by atoms with Gasteiger partial charge in [-0.1, -0.05) is 26.0 Å². The summed E-state index contributed by atoms with van der Waals surface area (Å²) in [5, 5.41) is 5.63. The normalized spacial score (nSPS) is 11.8. The van der Waals surface area contributed by atoms with Crippen LogP contribution in [-0.2, 0) is 9.53 Å². The fourth-order valence-electron chi connectivity index (χ4n) is 2.66. The Balaban J connectivity index is 1.85. The number of carbonyl (C=O) groups excluding carboxylic acids is 2. The van der Waals surface area contributed by atoms with Gasteiger partial charge in [-0.3, -0.25) is 9.59 Å². The Kier molecular flexibility index (Phi) is 8.68.